The van der Waals surface area contributed by atoms with Crippen molar-refractivity contribution in [3.05, 3.63) is 53.1 Å². The SMILES string of the molecule is Cc1cc(C(O)Cc2ccn(C3CCCC3)n2)ccc1F. The summed E-state index contributed by atoms with van der Waals surface area (Å²) in [6.45, 7) is 1.71. The molecule has 1 aromatic carbocycles. The Balaban J connectivity index is 1.69. The molecule has 1 aliphatic rings. The van der Waals surface area contributed by atoms with Crippen LogP contribution in [-0.4, -0.2) is 14.9 Å². The average molecular weight is 288 g/mol. The zero-order chi connectivity index (χ0) is 14.8. The van der Waals surface area contributed by atoms with Crippen LogP contribution in [0.5, 0.6) is 0 Å². The van der Waals surface area contributed by atoms with E-state index in [0.717, 1.165) is 11.3 Å². The molecule has 3 nitrogen and oxygen atoms in total. The van der Waals surface area contributed by atoms with Crippen LogP contribution in [0.4, 0.5) is 4.39 Å². The van der Waals surface area contributed by atoms with Crippen molar-refractivity contribution in [1.82, 2.24) is 9.78 Å². The van der Waals surface area contributed by atoms with E-state index in [1.54, 1.807) is 19.1 Å². The highest BCUT2D eigenvalue weighted by molar-refractivity contribution is 5.26. The normalized spacial score (nSPS) is 17.3. The van der Waals surface area contributed by atoms with Crippen LogP contribution in [0.1, 0.15) is 54.6 Å². The van der Waals surface area contributed by atoms with E-state index in [1.807, 2.05) is 16.9 Å². The van der Waals surface area contributed by atoms with E-state index in [4.69, 9.17) is 0 Å². The second kappa shape index (κ2) is 5.98. The fraction of sp³-hybridized carbons (Fsp3) is 0.471. The molecule has 3 rings (SSSR count). The van der Waals surface area contributed by atoms with Crippen LogP contribution in [0.2, 0.25) is 0 Å². The van der Waals surface area contributed by atoms with E-state index < -0.39 is 6.10 Å². The summed E-state index contributed by atoms with van der Waals surface area (Å²) in [5.41, 5.74) is 2.18. The lowest BCUT2D eigenvalue weighted by Gasteiger charge is -2.11. The van der Waals surface area contributed by atoms with Gasteiger partial charge < -0.3 is 5.11 Å². The number of aryl methyl sites for hydroxylation is 1. The van der Waals surface area contributed by atoms with Gasteiger partial charge in [0.05, 0.1) is 17.8 Å². The average Bonchev–Trinajstić information content (AvgIpc) is 3.12. The number of hydrogen-bond acceptors (Lipinski definition) is 2. The molecule has 0 amide bonds. The molecule has 1 fully saturated rings. The van der Waals surface area contributed by atoms with Gasteiger partial charge in [0.25, 0.3) is 0 Å². The first-order valence-corrected chi connectivity index (χ1v) is 7.61. The third kappa shape index (κ3) is 3.16. The molecule has 0 spiro atoms. The zero-order valence-electron chi connectivity index (χ0n) is 12.3. The van der Waals surface area contributed by atoms with Crippen LogP contribution < -0.4 is 0 Å². The first-order chi connectivity index (χ1) is 10.1. The lowest BCUT2D eigenvalue weighted by Crippen LogP contribution is -2.07. The van der Waals surface area contributed by atoms with Gasteiger partial charge >= 0.3 is 0 Å². The van der Waals surface area contributed by atoms with E-state index in [1.165, 1.54) is 31.7 Å². The van der Waals surface area contributed by atoms with Crippen molar-refractivity contribution in [2.24, 2.45) is 0 Å². The van der Waals surface area contributed by atoms with E-state index in [9.17, 15) is 9.50 Å². The molecule has 0 saturated heterocycles. The predicted octanol–water partition coefficient (Wildman–Crippen LogP) is 3.72. The van der Waals surface area contributed by atoms with Gasteiger partial charge in [0.15, 0.2) is 0 Å². The Hall–Kier alpha value is -1.68. The van der Waals surface area contributed by atoms with Crippen LogP contribution in [0, 0.1) is 12.7 Å². The number of aliphatic hydroxyl groups is 1. The van der Waals surface area contributed by atoms with E-state index in [2.05, 4.69) is 5.10 Å². The largest absolute Gasteiger partial charge is 0.388 e. The van der Waals surface area contributed by atoms with Crippen LogP contribution >= 0.6 is 0 Å². The first kappa shape index (κ1) is 14.3. The molecule has 1 heterocycles. The van der Waals surface area contributed by atoms with Crippen LogP contribution in [0.15, 0.2) is 30.5 Å². The minimum Gasteiger partial charge on any atom is -0.388 e. The molecular formula is C17H21FN2O. The van der Waals surface area contributed by atoms with Gasteiger partial charge in [-0.3, -0.25) is 4.68 Å². The molecule has 0 bridgehead atoms. The molecule has 0 aliphatic heterocycles. The summed E-state index contributed by atoms with van der Waals surface area (Å²) in [5.74, 6) is -0.239. The van der Waals surface area contributed by atoms with Gasteiger partial charge in [-0.2, -0.15) is 5.10 Å². The number of aliphatic hydroxyl groups excluding tert-OH is 1. The van der Waals surface area contributed by atoms with E-state index in [0.29, 0.717) is 18.0 Å². The molecule has 1 saturated carbocycles. The fourth-order valence-electron chi connectivity index (χ4n) is 3.05. The predicted molar refractivity (Wildman–Crippen MR) is 79.5 cm³/mol. The number of halogens is 1. The van der Waals surface area contributed by atoms with Gasteiger partial charge in [-0.15, -0.1) is 0 Å². The molecule has 21 heavy (non-hydrogen) atoms. The molecule has 0 radical (unpaired) electrons. The number of hydrogen-bond donors (Lipinski definition) is 1. The van der Waals surface area contributed by atoms with Crippen molar-refractivity contribution in [3.8, 4) is 0 Å². The maximum atomic E-state index is 13.3. The van der Waals surface area contributed by atoms with Gasteiger partial charge in [-0.05, 0) is 43.0 Å². The summed E-state index contributed by atoms with van der Waals surface area (Å²) in [7, 11) is 0. The van der Waals surface area contributed by atoms with Crippen molar-refractivity contribution in [3.63, 3.8) is 0 Å². The second-order valence-electron chi connectivity index (χ2n) is 5.95. The third-order valence-electron chi connectivity index (χ3n) is 4.33. The molecule has 1 atom stereocenters. The third-order valence-corrected chi connectivity index (χ3v) is 4.33. The fourth-order valence-corrected chi connectivity index (χ4v) is 3.05. The van der Waals surface area contributed by atoms with Crippen molar-refractivity contribution in [2.45, 2.75) is 51.2 Å². The Morgan fingerprint density at radius 1 is 1.33 bits per heavy atom. The lowest BCUT2D eigenvalue weighted by molar-refractivity contribution is 0.176. The highest BCUT2D eigenvalue weighted by Gasteiger charge is 2.18. The van der Waals surface area contributed by atoms with Crippen LogP contribution in [0.3, 0.4) is 0 Å². The molecular weight excluding hydrogens is 267 g/mol. The molecule has 1 N–H and O–H groups in total. The molecule has 1 aromatic heterocycles. The summed E-state index contributed by atoms with van der Waals surface area (Å²) in [6.07, 6.45) is 6.77. The van der Waals surface area contributed by atoms with Crippen LogP contribution in [0.25, 0.3) is 0 Å². The van der Waals surface area contributed by atoms with Crippen molar-refractivity contribution in [2.75, 3.05) is 0 Å². The summed E-state index contributed by atoms with van der Waals surface area (Å²) < 4.78 is 15.3. The Labute approximate surface area is 124 Å². The number of benzene rings is 1. The van der Waals surface area contributed by atoms with E-state index >= 15 is 0 Å². The second-order valence-corrected chi connectivity index (χ2v) is 5.95. The topological polar surface area (TPSA) is 38.0 Å². The quantitative estimate of drug-likeness (QED) is 0.931. The Morgan fingerprint density at radius 3 is 2.81 bits per heavy atom. The van der Waals surface area contributed by atoms with Crippen molar-refractivity contribution >= 4 is 0 Å². The van der Waals surface area contributed by atoms with Gasteiger partial charge in [-0.25, -0.2) is 4.39 Å². The Kier molecular flexibility index (Phi) is 4.06. The van der Waals surface area contributed by atoms with Gasteiger partial charge in [-0.1, -0.05) is 25.0 Å². The lowest BCUT2D eigenvalue weighted by atomic mass is 10.0. The maximum absolute atomic E-state index is 13.3. The molecule has 1 aliphatic carbocycles. The molecule has 112 valence electrons. The minimum atomic E-state index is -0.642. The minimum absolute atomic E-state index is 0.239. The van der Waals surface area contributed by atoms with Gasteiger partial charge in [0, 0.05) is 12.6 Å². The van der Waals surface area contributed by atoms with Crippen molar-refractivity contribution < 1.29 is 9.50 Å². The standard InChI is InChI=1S/C17H21FN2O/c1-12-10-13(6-7-16(12)18)17(21)11-14-8-9-20(19-14)15-4-2-3-5-15/h6-10,15,17,21H,2-5,11H2,1H3. The van der Waals surface area contributed by atoms with Gasteiger partial charge in [0.1, 0.15) is 5.82 Å². The van der Waals surface area contributed by atoms with E-state index in [-0.39, 0.29) is 5.82 Å². The Morgan fingerprint density at radius 2 is 2.10 bits per heavy atom. The summed E-state index contributed by atoms with van der Waals surface area (Å²) >= 11 is 0. The highest BCUT2D eigenvalue weighted by Crippen LogP contribution is 2.29. The van der Waals surface area contributed by atoms with Gasteiger partial charge in [0.2, 0.25) is 0 Å². The summed E-state index contributed by atoms with van der Waals surface area (Å²) in [5, 5.41) is 14.9. The zero-order valence-corrected chi connectivity index (χ0v) is 12.3. The van der Waals surface area contributed by atoms with Crippen LogP contribution in [-0.2, 0) is 6.42 Å². The maximum Gasteiger partial charge on any atom is 0.126 e. The number of rotatable bonds is 4. The van der Waals surface area contributed by atoms with Crippen molar-refractivity contribution in [1.29, 1.82) is 0 Å². The summed E-state index contributed by atoms with van der Waals surface area (Å²) in [6, 6.07) is 7.24. The monoisotopic (exact) mass is 288 g/mol. The smallest absolute Gasteiger partial charge is 0.126 e. The first-order valence-electron chi connectivity index (χ1n) is 7.61. The Bertz CT molecular complexity index is 617. The number of aromatic nitrogens is 2. The number of nitrogens with zero attached hydrogens (tertiary/aromatic N) is 2. The highest BCUT2D eigenvalue weighted by atomic mass is 19.1. The molecule has 1 unspecified atom stereocenters. The molecule has 2 aromatic rings. The summed E-state index contributed by atoms with van der Waals surface area (Å²) in [4.78, 5) is 0. The molecule has 4 heteroatoms.